The van der Waals surface area contributed by atoms with Gasteiger partial charge in [0, 0.05) is 33.4 Å². The fourth-order valence-corrected chi connectivity index (χ4v) is 5.53. The van der Waals surface area contributed by atoms with Crippen LogP contribution < -0.4 is 0 Å². The Bertz CT molecular complexity index is 802. The minimum absolute atomic E-state index is 0.238. The third-order valence-corrected chi connectivity index (χ3v) is 6.67. The van der Waals surface area contributed by atoms with Gasteiger partial charge < -0.3 is 23.7 Å². The zero-order valence-electron chi connectivity index (χ0n) is 18.2. The monoisotopic (exact) mass is 486 g/mol. The van der Waals surface area contributed by atoms with E-state index in [1.165, 1.54) is 49.3 Å². The smallest absolute Gasteiger partial charge is 0.303 e. The lowest BCUT2D eigenvalue weighted by Crippen LogP contribution is -2.61. The first-order valence-electron chi connectivity index (χ1n) is 9.80. The molecular weight excluding hydrogens is 460 g/mol. The molecule has 1 fully saturated rings. The number of esters is 4. The summed E-state index contributed by atoms with van der Waals surface area (Å²) in [5, 5.41) is 0. The Hall–Kier alpha value is -2.24. The molecule has 5 atom stereocenters. The predicted molar refractivity (Wildman–Crippen MR) is 117 cm³/mol. The quantitative estimate of drug-likeness (QED) is 0.291. The summed E-state index contributed by atoms with van der Waals surface area (Å²) in [6.45, 7) is 4.59. The van der Waals surface area contributed by atoms with E-state index in [1.54, 1.807) is 0 Å². The maximum absolute atomic E-state index is 11.8. The van der Waals surface area contributed by atoms with Gasteiger partial charge in [-0.3, -0.25) is 19.2 Å². The second-order valence-corrected chi connectivity index (χ2v) is 9.38. The first-order valence-corrected chi connectivity index (χ1v) is 12.2. The van der Waals surface area contributed by atoms with Crippen LogP contribution in [0.5, 0.6) is 0 Å². The Labute approximate surface area is 194 Å². The van der Waals surface area contributed by atoms with E-state index in [0.29, 0.717) is 5.75 Å². The van der Waals surface area contributed by atoms with E-state index in [1.807, 2.05) is 30.3 Å². The van der Waals surface area contributed by atoms with Gasteiger partial charge in [-0.15, -0.1) is 0 Å². The molecule has 1 saturated heterocycles. The molecule has 1 aromatic rings. The largest absolute Gasteiger partial charge is 0.463 e. The predicted octanol–water partition coefficient (Wildman–Crippen LogP) is 2.65. The topological polar surface area (TPSA) is 114 Å². The molecule has 1 aliphatic rings. The fourth-order valence-electron chi connectivity index (χ4n) is 3.01. The lowest BCUT2D eigenvalue weighted by molar-refractivity contribution is -0.237. The Morgan fingerprint density at radius 1 is 0.812 bits per heavy atom. The standard InChI is InChI=1S/C21H26O9S2/c1-12(22)26-10-17-18(27-13(2)23)19(28-14(3)24)20(29-15(4)25)21(30-17)32-31-11-16-8-6-5-7-9-16/h5-9,17-21H,10-11H2,1-4H3/t17-,18-,19-,20-,21-/m0/s1. The van der Waals surface area contributed by atoms with Crippen molar-refractivity contribution in [2.75, 3.05) is 6.61 Å². The van der Waals surface area contributed by atoms with Crippen LogP contribution in [-0.4, -0.2) is 60.3 Å². The first kappa shape index (κ1) is 26.0. The molecule has 176 valence electrons. The van der Waals surface area contributed by atoms with Gasteiger partial charge in [0.05, 0.1) is 0 Å². The zero-order chi connectivity index (χ0) is 23.7. The van der Waals surface area contributed by atoms with Gasteiger partial charge in [-0.2, -0.15) is 0 Å². The molecule has 0 aliphatic carbocycles. The molecule has 1 aromatic carbocycles. The molecule has 0 saturated carbocycles. The van der Waals surface area contributed by atoms with Gasteiger partial charge in [0.1, 0.15) is 12.7 Å². The summed E-state index contributed by atoms with van der Waals surface area (Å²) in [6, 6.07) is 9.71. The molecule has 0 unspecified atom stereocenters. The van der Waals surface area contributed by atoms with E-state index in [4.69, 9.17) is 23.7 Å². The third-order valence-electron chi connectivity index (χ3n) is 4.18. The summed E-state index contributed by atoms with van der Waals surface area (Å²) in [5.74, 6) is -1.84. The molecule has 0 radical (unpaired) electrons. The van der Waals surface area contributed by atoms with Crippen molar-refractivity contribution in [1.82, 2.24) is 0 Å². The van der Waals surface area contributed by atoms with Gasteiger partial charge in [0.2, 0.25) is 0 Å². The van der Waals surface area contributed by atoms with Gasteiger partial charge >= 0.3 is 23.9 Å². The van der Waals surface area contributed by atoms with Crippen LogP contribution in [-0.2, 0) is 48.6 Å². The fraction of sp³-hybridized carbons (Fsp3) is 0.524. The number of carbonyl (C=O) groups is 4. The molecule has 11 heteroatoms. The van der Waals surface area contributed by atoms with Crippen molar-refractivity contribution >= 4 is 45.5 Å². The summed E-state index contributed by atoms with van der Waals surface area (Å²) in [5.41, 5.74) is 0.292. The van der Waals surface area contributed by atoms with Crippen LogP contribution >= 0.6 is 21.6 Å². The number of benzene rings is 1. The van der Waals surface area contributed by atoms with Crippen LogP contribution in [0.4, 0.5) is 0 Å². The van der Waals surface area contributed by atoms with E-state index in [9.17, 15) is 19.2 Å². The third kappa shape index (κ3) is 8.36. The second kappa shape index (κ2) is 12.7. The Kier molecular flexibility index (Phi) is 10.3. The number of rotatable bonds is 9. The second-order valence-electron chi connectivity index (χ2n) is 6.91. The van der Waals surface area contributed by atoms with Crippen molar-refractivity contribution in [1.29, 1.82) is 0 Å². The van der Waals surface area contributed by atoms with Crippen LogP contribution in [0.25, 0.3) is 0 Å². The molecule has 9 nitrogen and oxygen atoms in total. The summed E-state index contributed by atoms with van der Waals surface area (Å²) in [4.78, 5) is 46.7. The van der Waals surface area contributed by atoms with Gasteiger partial charge in [0.25, 0.3) is 0 Å². The van der Waals surface area contributed by atoms with Crippen LogP contribution in [0.2, 0.25) is 0 Å². The molecule has 0 bridgehead atoms. The van der Waals surface area contributed by atoms with Crippen LogP contribution in [0, 0.1) is 0 Å². The highest BCUT2D eigenvalue weighted by molar-refractivity contribution is 8.76. The highest BCUT2D eigenvalue weighted by Gasteiger charge is 2.52. The highest BCUT2D eigenvalue weighted by atomic mass is 33.1. The van der Waals surface area contributed by atoms with Crippen molar-refractivity contribution in [3.05, 3.63) is 35.9 Å². The number of ether oxygens (including phenoxy) is 5. The molecule has 32 heavy (non-hydrogen) atoms. The van der Waals surface area contributed by atoms with E-state index in [2.05, 4.69) is 0 Å². The Morgan fingerprint density at radius 2 is 1.38 bits per heavy atom. The van der Waals surface area contributed by atoms with E-state index >= 15 is 0 Å². The van der Waals surface area contributed by atoms with Crippen molar-refractivity contribution in [3.8, 4) is 0 Å². The Balaban J connectivity index is 2.28. The first-order chi connectivity index (χ1) is 15.2. The van der Waals surface area contributed by atoms with Crippen molar-refractivity contribution in [3.63, 3.8) is 0 Å². The summed E-state index contributed by atoms with van der Waals surface area (Å²) < 4.78 is 27.3. The maximum atomic E-state index is 11.8. The van der Waals surface area contributed by atoms with Crippen LogP contribution in [0.1, 0.15) is 33.3 Å². The van der Waals surface area contributed by atoms with Gasteiger partial charge in [0.15, 0.2) is 23.7 Å². The molecule has 0 N–H and O–H groups in total. The molecule has 0 amide bonds. The summed E-state index contributed by atoms with van der Waals surface area (Å²) in [7, 11) is 2.73. The maximum Gasteiger partial charge on any atom is 0.303 e. The zero-order valence-corrected chi connectivity index (χ0v) is 19.8. The number of hydrogen-bond donors (Lipinski definition) is 0. The number of hydrogen-bond acceptors (Lipinski definition) is 11. The average Bonchev–Trinajstić information content (AvgIpc) is 2.70. The summed E-state index contributed by atoms with van der Waals surface area (Å²) >= 11 is 0. The van der Waals surface area contributed by atoms with Crippen LogP contribution in [0.15, 0.2) is 30.3 Å². The van der Waals surface area contributed by atoms with Gasteiger partial charge in [-0.25, -0.2) is 0 Å². The molecule has 0 aromatic heterocycles. The Morgan fingerprint density at radius 3 is 1.94 bits per heavy atom. The van der Waals surface area contributed by atoms with E-state index < -0.39 is 53.7 Å². The minimum atomic E-state index is -1.15. The minimum Gasteiger partial charge on any atom is -0.463 e. The van der Waals surface area contributed by atoms with Crippen molar-refractivity contribution < 1.29 is 42.9 Å². The van der Waals surface area contributed by atoms with Crippen molar-refractivity contribution in [2.45, 2.75) is 63.3 Å². The van der Waals surface area contributed by atoms with Gasteiger partial charge in [-0.1, -0.05) is 51.9 Å². The molecule has 1 aliphatic heterocycles. The van der Waals surface area contributed by atoms with E-state index in [0.717, 1.165) is 5.56 Å². The SMILES string of the molecule is CC(=O)OC[C@@H]1O[C@@H](SSCc2ccccc2)[C@@H](OC(C)=O)[C@@H](OC(C)=O)[C@H]1OC(C)=O. The summed E-state index contributed by atoms with van der Waals surface area (Å²) in [6.07, 6.45) is -4.28. The lowest BCUT2D eigenvalue weighted by Gasteiger charge is -2.43. The molecule has 1 heterocycles. The van der Waals surface area contributed by atoms with Crippen molar-refractivity contribution in [2.24, 2.45) is 0 Å². The molecular formula is C21H26O9S2. The number of carbonyl (C=O) groups excluding carboxylic acids is 4. The molecule has 0 spiro atoms. The van der Waals surface area contributed by atoms with Crippen LogP contribution in [0.3, 0.4) is 0 Å². The normalized spacial score (nSPS) is 24.8. The highest BCUT2D eigenvalue weighted by Crippen LogP contribution is 2.40. The average molecular weight is 487 g/mol. The lowest BCUT2D eigenvalue weighted by atomic mass is 9.99. The van der Waals surface area contributed by atoms with Gasteiger partial charge in [-0.05, 0) is 5.56 Å². The molecule has 2 rings (SSSR count). The van der Waals surface area contributed by atoms with E-state index in [-0.39, 0.29) is 6.61 Å².